The molecule has 1 amide bonds. The van der Waals surface area contributed by atoms with Gasteiger partial charge in [-0.3, -0.25) is 4.79 Å². The fourth-order valence-corrected chi connectivity index (χ4v) is 3.13. The van der Waals surface area contributed by atoms with Crippen molar-refractivity contribution in [2.24, 2.45) is 4.99 Å². The predicted octanol–water partition coefficient (Wildman–Crippen LogP) is 3.26. The van der Waals surface area contributed by atoms with Crippen LogP contribution in [-0.4, -0.2) is 36.6 Å². The highest BCUT2D eigenvalue weighted by atomic mass is 127. The van der Waals surface area contributed by atoms with Gasteiger partial charge in [-0.25, -0.2) is 4.99 Å². The quantitative estimate of drug-likeness (QED) is 0.193. The van der Waals surface area contributed by atoms with Crippen molar-refractivity contribution in [3.05, 3.63) is 51.7 Å². The Morgan fingerprint density at radius 1 is 1.19 bits per heavy atom. The third-order valence-corrected chi connectivity index (χ3v) is 4.74. The summed E-state index contributed by atoms with van der Waals surface area (Å²) in [6.07, 6.45) is 0.771. The minimum absolute atomic E-state index is 0. The van der Waals surface area contributed by atoms with Gasteiger partial charge in [-0.15, -0.1) is 35.3 Å². The van der Waals surface area contributed by atoms with Crippen LogP contribution in [0.1, 0.15) is 34.1 Å². The number of aliphatic imine (C=N–C) groups is 1. The number of halogens is 1. The van der Waals surface area contributed by atoms with Crippen molar-refractivity contribution < 1.29 is 9.90 Å². The average Bonchev–Trinajstić information content (AvgIpc) is 3.04. The number of aromatic hydroxyl groups is 1. The Hall–Kier alpha value is -1.81. The number of phenols is 1. The first-order chi connectivity index (χ1) is 12.6. The summed E-state index contributed by atoms with van der Waals surface area (Å²) in [6, 6.07) is 8.43. The molecule has 0 radical (unpaired) electrons. The number of amides is 1. The van der Waals surface area contributed by atoms with Crippen LogP contribution in [0.25, 0.3) is 0 Å². The lowest BCUT2D eigenvalue weighted by Gasteiger charge is -2.11. The second-order valence-corrected chi connectivity index (χ2v) is 6.81. The molecule has 6 nitrogen and oxygen atoms in total. The van der Waals surface area contributed by atoms with Gasteiger partial charge in [0.05, 0.1) is 6.54 Å². The molecule has 1 heterocycles. The minimum atomic E-state index is -0.186. The Morgan fingerprint density at radius 3 is 2.63 bits per heavy atom. The molecule has 0 unspecified atom stereocenters. The van der Waals surface area contributed by atoms with Crippen molar-refractivity contribution >= 4 is 47.2 Å². The number of nitrogens with zero attached hydrogens (tertiary/aromatic N) is 1. The van der Waals surface area contributed by atoms with E-state index < -0.39 is 0 Å². The van der Waals surface area contributed by atoms with Crippen LogP contribution >= 0.6 is 35.3 Å². The first-order valence-electron chi connectivity index (χ1n) is 8.72. The zero-order valence-corrected chi connectivity index (χ0v) is 18.8. The molecule has 0 fully saturated rings. The number of nitrogens with one attached hydrogen (secondary N) is 3. The Morgan fingerprint density at radius 2 is 1.96 bits per heavy atom. The zero-order chi connectivity index (χ0) is 18.8. The Bertz CT molecular complexity index is 749. The number of thiophene rings is 1. The molecule has 0 spiro atoms. The van der Waals surface area contributed by atoms with E-state index >= 15 is 0 Å². The number of aryl methyl sites for hydroxylation is 1. The fourth-order valence-electron chi connectivity index (χ4n) is 2.30. The van der Waals surface area contributed by atoms with Gasteiger partial charge in [0.25, 0.3) is 5.91 Å². The molecule has 0 aliphatic heterocycles. The molecule has 27 heavy (non-hydrogen) atoms. The van der Waals surface area contributed by atoms with Gasteiger partial charge in [0.2, 0.25) is 0 Å². The molecule has 0 saturated heterocycles. The maximum absolute atomic E-state index is 12.0. The maximum atomic E-state index is 12.0. The lowest BCUT2D eigenvalue weighted by Crippen LogP contribution is -2.38. The van der Waals surface area contributed by atoms with E-state index in [9.17, 15) is 9.90 Å². The molecule has 0 aliphatic carbocycles. The summed E-state index contributed by atoms with van der Waals surface area (Å²) in [4.78, 5) is 17.8. The van der Waals surface area contributed by atoms with Crippen molar-refractivity contribution in [1.82, 2.24) is 16.0 Å². The number of guanidine groups is 1. The van der Waals surface area contributed by atoms with Crippen LogP contribution in [0.4, 0.5) is 0 Å². The summed E-state index contributed by atoms with van der Waals surface area (Å²) in [7, 11) is 0. The third-order valence-electron chi connectivity index (χ3n) is 3.73. The Kier molecular flexibility index (Phi) is 10.8. The van der Waals surface area contributed by atoms with E-state index in [4.69, 9.17) is 0 Å². The molecule has 0 atom stereocenters. The molecule has 0 aliphatic rings. The number of rotatable bonds is 8. The van der Waals surface area contributed by atoms with Crippen LogP contribution in [0.5, 0.6) is 5.75 Å². The van der Waals surface area contributed by atoms with E-state index in [0.717, 1.165) is 18.9 Å². The molecule has 0 saturated carbocycles. The van der Waals surface area contributed by atoms with Gasteiger partial charge in [-0.1, -0.05) is 6.07 Å². The molecule has 148 valence electrons. The number of hydrogen-bond acceptors (Lipinski definition) is 4. The number of hydrogen-bond donors (Lipinski definition) is 4. The van der Waals surface area contributed by atoms with Crippen LogP contribution in [0.3, 0.4) is 0 Å². The van der Waals surface area contributed by atoms with Crippen LogP contribution in [-0.2, 0) is 6.54 Å². The van der Waals surface area contributed by atoms with Crippen molar-refractivity contribution in [2.75, 3.05) is 19.6 Å². The molecule has 1 aromatic heterocycles. The fraction of sp³-hybridized carbons (Fsp3) is 0.368. The van der Waals surface area contributed by atoms with Gasteiger partial charge in [0.15, 0.2) is 5.96 Å². The summed E-state index contributed by atoms with van der Waals surface area (Å²) < 4.78 is 0. The largest absolute Gasteiger partial charge is 0.508 e. The summed E-state index contributed by atoms with van der Waals surface area (Å²) in [5, 5.41) is 20.8. The van der Waals surface area contributed by atoms with Crippen LogP contribution in [0, 0.1) is 6.92 Å². The summed E-state index contributed by atoms with van der Waals surface area (Å²) >= 11 is 1.72. The van der Waals surface area contributed by atoms with E-state index in [1.54, 1.807) is 29.5 Å². The van der Waals surface area contributed by atoms with E-state index in [1.165, 1.54) is 16.5 Å². The number of benzene rings is 1. The highest BCUT2D eigenvalue weighted by Gasteiger charge is 2.05. The van der Waals surface area contributed by atoms with Crippen molar-refractivity contribution in [3.8, 4) is 5.75 Å². The minimum Gasteiger partial charge on any atom is -0.508 e. The summed E-state index contributed by atoms with van der Waals surface area (Å²) in [5.41, 5.74) is 1.73. The number of phenolic OH excluding ortho intramolecular Hbond substituents is 1. The highest BCUT2D eigenvalue weighted by molar-refractivity contribution is 14.0. The standard InChI is InChI=1S/C19H26N4O2S.HI/c1-3-20-19(23-13-17-14(2)8-11-26-17)22-10-5-9-21-18(25)15-6-4-7-16(24)12-15;/h4,6-8,11-12,24H,3,5,9-10,13H2,1-2H3,(H,21,25)(H2,20,22,23);1H. The lowest BCUT2D eigenvalue weighted by atomic mass is 10.2. The SMILES string of the molecule is CCNC(=NCc1sccc1C)NCCCNC(=O)c1cccc(O)c1.I. The maximum Gasteiger partial charge on any atom is 0.251 e. The molecular weight excluding hydrogens is 475 g/mol. The third kappa shape index (κ3) is 8.17. The van der Waals surface area contributed by atoms with Crippen molar-refractivity contribution in [3.63, 3.8) is 0 Å². The number of carbonyl (C=O) groups is 1. The van der Waals surface area contributed by atoms with Gasteiger partial charge in [-0.2, -0.15) is 0 Å². The molecule has 0 bridgehead atoms. The molecule has 2 aromatic rings. The van der Waals surface area contributed by atoms with Gasteiger partial charge >= 0.3 is 0 Å². The van der Waals surface area contributed by atoms with Gasteiger partial charge in [0.1, 0.15) is 5.75 Å². The second-order valence-electron chi connectivity index (χ2n) is 5.81. The van der Waals surface area contributed by atoms with Gasteiger partial charge in [0, 0.05) is 30.1 Å². The molecule has 8 heteroatoms. The van der Waals surface area contributed by atoms with Crippen molar-refractivity contribution in [1.29, 1.82) is 0 Å². The van der Waals surface area contributed by atoms with Crippen molar-refractivity contribution in [2.45, 2.75) is 26.8 Å². The molecule has 1 aromatic carbocycles. The molecule has 4 N–H and O–H groups in total. The summed E-state index contributed by atoms with van der Waals surface area (Å²) in [6.45, 7) is 6.83. The highest BCUT2D eigenvalue weighted by Crippen LogP contribution is 2.16. The van der Waals surface area contributed by atoms with Gasteiger partial charge < -0.3 is 21.1 Å². The zero-order valence-electron chi connectivity index (χ0n) is 15.6. The van der Waals surface area contributed by atoms with Crippen LogP contribution in [0.2, 0.25) is 0 Å². The Labute approximate surface area is 181 Å². The van der Waals surface area contributed by atoms with E-state index in [1.807, 2.05) is 6.92 Å². The topological polar surface area (TPSA) is 85.8 Å². The van der Waals surface area contributed by atoms with Crippen LogP contribution in [0.15, 0.2) is 40.7 Å². The Balaban J connectivity index is 0.00000364. The van der Waals surface area contributed by atoms with E-state index in [-0.39, 0.29) is 35.6 Å². The molecule has 2 rings (SSSR count). The predicted molar refractivity (Wildman–Crippen MR) is 122 cm³/mol. The van der Waals surface area contributed by atoms with E-state index in [0.29, 0.717) is 25.2 Å². The first kappa shape index (κ1) is 23.2. The van der Waals surface area contributed by atoms with Crippen LogP contribution < -0.4 is 16.0 Å². The lowest BCUT2D eigenvalue weighted by molar-refractivity contribution is 0.0953. The number of carbonyl (C=O) groups excluding carboxylic acids is 1. The normalized spacial score (nSPS) is 10.8. The second kappa shape index (κ2) is 12.6. The smallest absolute Gasteiger partial charge is 0.251 e. The molecular formula is C19H27IN4O2S. The average molecular weight is 502 g/mol. The monoisotopic (exact) mass is 502 g/mol. The summed E-state index contributed by atoms with van der Waals surface area (Å²) in [5.74, 6) is 0.682. The van der Waals surface area contributed by atoms with E-state index in [2.05, 4.69) is 39.3 Å². The van der Waals surface area contributed by atoms with Gasteiger partial charge in [-0.05, 0) is 55.5 Å². The first-order valence-corrected chi connectivity index (χ1v) is 9.60.